The van der Waals surface area contributed by atoms with Gasteiger partial charge in [0.15, 0.2) is 0 Å². The molecule has 0 amide bonds. The summed E-state index contributed by atoms with van der Waals surface area (Å²) >= 11 is 0. The number of rotatable bonds is 7. The Morgan fingerprint density at radius 1 is 1.13 bits per heavy atom. The van der Waals surface area contributed by atoms with E-state index in [1.165, 1.54) is 6.08 Å². The number of nitrogens with zero attached hydrogens (tertiary/aromatic N) is 6. The molecule has 4 heterocycles. The highest BCUT2D eigenvalue weighted by Gasteiger charge is 2.33. The SMILES string of the molecule is C=CC(O)Nc1cc2nc(N3C[C@H](F)C[C@@H](Nc4ncc(C(F)(F)F)cn4)C3)n(C)c2cc1N1CCCC1. The number of halogens is 4. The molecule has 2 aromatic heterocycles. The van der Waals surface area contributed by atoms with Gasteiger partial charge in [0.25, 0.3) is 0 Å². The topological polar surface area (TPSA) is 94.4 Å². The number of hydrogen-bond acceptors (Lipinski definition) is 8. The lowest BCUT2D eigenvalue weighted by Crippen LogP contribution is -2.48. The predicted molar refractivity (Wildman–Crippen MR) is 138 cm³/mol. The van der Waals surface area contributed by atoms with Gasteiger partial charge in [-0.1, -0.05) is 6.58 Å². The van der Waals surface area contributed by atoms with E-state index in [1.807, 2.05) is 28.6 Å². The number of piperidine rings is 1. The molecule has 1 unspecified atom stereocenters. The molecular weight excluding hydrogens is 504 g/mol. The third-order valence-corrected chi connectivity index (χ3v) is 6.94. The second kappa shape index (κ2) is 10.3. The van der Waals surface area contributed by atoms with Crippen LogP contribution in [-0.4, -0.2) is 69.2 Å². The van der Waals surface area contributed by atoms with Crippen molar-refractivity contribution in [3.8, 4) is 0 Å². The third kappa shape index (κ3) is 5.33. The first-order valence-corrected chi connectivity index (χ1v) is 12.5. The molecule has 0 radical (unpaired) electrons. The molecule has 204 valence electrons. The van der Waals surface area contributed by atoms with Gasteiger partial charge in [-0.3, -0.25) is 0 Å². The van der Waals surface area contributed by atoms with Crippen molar-refractivity contribution in [1.29, 1.82) is 0 Å². The van der Waals surface area contributed by atoms with Crippen LogP contribution in [0.4, 0.5) is 40.8 Å². The number of fused-ring (bicyclic) bond motifs is 1. The standard InChI is InChI=1S/C25H30F4N8O/c1-3-22(38)33-19-9-18-20(10-21(19)36-6-4-5-7-36)35(2)24(34-18)37-13-16(26)8-17(14-37)32-23-30-11-15(12-31-23)25(27,28)29/h3,9-12,16-17,22,33,38H,1,4-8,13-14H2,2H3,(H,30,31,32)/t16-,17-,22?/m1/s1. The number of hydrogen-bond donors (Lipinski definition) is 3. The van der Waals surface area contributed by atoms with Crippen molar-refractivity contribution in [2.45, 2.75) is 43.9 Å². The van der Waals surface area contributed by atoms with Gasteiger partial charge in [-0.15, -0.1) is 0 Å². The Morgan fingerprint density at radius 3 is 2.50 bits per heavy atom. The molecule has 0 saturated carbocycles. The van der Waals surface area contributed by atoms with E-state index in [-0.39, 0.29) is 18.9 Å². The number of aliphatic hydroxyl groups excluding tert-OH is 1. The van der Waals surface area contributed by atoms with Crippen molar-refractivity contribution in [3.63, 3.8) is 0 Å². The summed E-state index contributed by atoms with van der Waals surface area (Å²) in [6, 6.07) is 3.47. The summed E-state index contributed by atoms with van der Waals surface area (Å²) in [6.45, 7) is 5.94. The quantitative estimate of drug-likeness (QED) is 0.239. The third-order valence-electron chi connectivity index (χ3n) is 6.94. The van der Waals surface area contributed by atoms with Crippen molar-refractivity contribution in [3.05, 3.63) is 42.7 Å². The number of anilines is 4. The predicted octanol–water partition coefficient (Wildman–Crippen LogP) is 3.93. The number of imidazole rings is 1. The molecule has 2 aliphatic rings. The monoisotopic (exact) mass is 534 g/mol. The first-order valence-electron chi connectivity index (χ1n) is 12.5. The summed E-state index contributed by atoms with van der Waals surface area (Å²) in [5.41, 5.74) is 2.28. The van der Waals surface area contributed by atoms with Crippen LogP contribution in [0.5, 0.6) is 0 Å². The number of aryl methyl sites for hydroxylation is 1. The fraction of sp³-hybridized carbons (Fsp3) is 0.480. The van der Waals surface area contributed by atoms with Crippen molar-refractivity contribution < 1.29 is 22.7 Å². The zero-order chi connectivity index (χ0) is 27.0. The molecule has 3 atom stereocenters. The molecule has 5 rings (SSSR count). The van der Waals surface area contributed by atoms with Gasteiger partial charge in [0.2, 0.25) is 11.9 Å². The van der Waals surface area contributed by atoms with Crippen LogP contribution in [0.1, 0.15) is 24.8 Å². The maximum Gasteiger partial charge on any atom is 0.419 e. The first-order chi connectivity index (χ1) is 18.1. The fourth-order valence-corrected chi connectivity index (χ4v) is 5.09. The van der Waals surface area contributed by atoms with Gasteiger partial charge in [0.05, 0.1) is 34.5 Å². The van der Waals surface area contributed by atoms with Crippen molar-refractivity contribution in [1.82, 2.24) is 19.5 Å². The van der Waals surface area contributed by atoms with E-state index in [0.29, 0.717) is 30.4 Å². The van der Waals surface area contributed by atoms with E-state index < -0.39 is 30.2 Å². The molecule has 2 saturated heterocycles. The van der Waals surface area contributed by atoms with Gasteiger partial charge in [0.1, 0.15) is 12.4 Å². The lowest BCUT2D eigenvalue weighted by atomic mass is 10.0. The lowest BCUT2D eigenvalue weighted by molar-refractivity contribution is -0.138. The Labute approximate surface area is 217 Å². The lowest BCUT2D eigenvalue weighted by Gasteiger charge is -2.35. The van der Waals surface area contributed by atoms with Crippen LogP contribution >= 0.6 is 0 Å². The summed E-state index contributed by atoms with van der Waals surface area (Å²) in [5.74, 6) is 0.574. The highest BCUT2D eigenvalue weighted by molar-refractivity contribution is 5.90. The summed E-state index contributed by atoms with van der Waals surface area (Å²) in [6.07, 6.45) is -1.48. The van der Waals surface area contributed by atoms with Crippen LogP contribution in [-0.2, 0) is 13.2 Å². The molecular formula is C25H30F4N8O. The smallest absolute Gasteiger partial charge is 0.370 e. The summed E-state index contributed by atoms with van der Waals surface area (Å²) in [7, 11) is 1.87. The minimum Gasteiger partial charge on any atom is -0.370 e. The first kappa shape index (κ1) is 26.0. The molecule has 0 spiro atoms. The molecule has 1 aromatic carbocycles. The molecule has 3 aromatic rings. The normalized spacial score (nSPS) is 21.1. The second-order valence-electron chi connectivity index (χ2n) is 9.72. The highest BCUT2D eigenvalue weighted by atomic mass is 19.4. The zero-order valence-corrected chi connectivity index (χ0v) is 20.9. The molecule has 9 nitrogen and oxygen atoms in total. The Hall–Kier alpha value is -3.61. The summed E-state index contributed by atoms with van der Waals surface area (Å²) < 4.78 is 55.2. The summed E-state index contributed by atoms with van der Waals surface area (Å²) in [5, 5.41) is 16.2. The molecule has 38 heavy (non-hydrogen) atoms. The Morgan fingerprint density at radius 2 is 1.84 bits per heavy atom. The van der Waals surface area contributed by atoms with Gasteiger partial charge in [-0.25, -0.2) is 19.3 Å². The minimum absolute atomic E-state index is 0.00815. The largest absolute Gasteiger partial charge is 0.419 e. The highest BCUT2D eigenvalue weighted by Crippen LogP contribution is 2.36. The molecule has 0 bridgehead atoms. The minimum atomic E-state index is -4.53. The molecule has 2 aliphatic heterocycles. The van der Waals surface area contributed by atoms with Crippen LogP contribution in [0.3, 0.4) is 0 Å². The van der Waals surface area contributed by atoms with Gasteiger partial charge in [-0.05, 0) is 31.1 Å². The van der Waals surface area contributed by atoms with E-state index in [1.54, 1.807) is 0 Å². The van der Waals surface area contributed by atoms with Crippen molar-refractivity contribution in [2.75, 3.05) is 46.6 Å². The van der Waals surface area contributed by atoms with Gasteiger partial charge in [-0.2, -0.15) is 13.2 Å². The Bertz CT molecular complexity index is 1290. The number of alkyl halides is 4. The van der Waals surface area contributed by atoms with E-state index in [0.717, 1.165) is 42.8 Å². The molecule has 3 N–H and O–H groups in total. The molecule has 13 heteroatoms. The number of aromatic nitrogens is 4. The number of benzene rings is 1. The second-order valence-corrected chi connectivity index (χ2v) is 9.72. The maximum atomic E-state index is 14.8. The van der Waals surface area contributed by atoms with E-state index >= 15 is 0 Å². The van der Waals surface area contributed by atoms with E-state index in [9.17, 15) is 22.7 Å². The molecule has 2 fully saturated rings. The van der Waals surface area contributed by atoms with Crippen molar-refractivity contribution >= 4 is 34.3 Å². The average Bonchev–Trinajstić information content (AvgIpc) is 3.51. The maximum absolute atomic E-state index is 14.8. The molecule has 0 aliphatic carbocycles. The van der Waals surface area contributed by atoms with Gasteiger partial charge in [0, 0.05) is 51.5 Å². The van der Waals surface area contributed by atoms with Crippen molar-refractivity contribution in [2.24, 2.45) is 7.05 Å². The zero-order valence-electron chi connectivity index (χ0n) is 20.9. The van der Waals surface area contributed by atoms with Crippen LogP contribution in [0, 0.1) is 0 Å². The Kier molecular flexibility index (Phi) is 7.03. The summed E-state index contributed by atoms with van der Waals surface area (Å²) in [4.78, 5) is 16.4. The Balaban J connectivity index is 1.41. The van der Waals surface area contributed by atoms with Gasteiger partial charge >= 0.3 is 6.18 Å². The number of aliphatic hydroxyl groups is 1. The number of nitrogens with one attached hydrogen (secondary N) is 2. The van der Waals surface area contributed by atoms with E-state index in [2.05, 4.69) is 32.1 Å². The van der Waals surface area contributed by atoms with Crippen LogP contribution in [0.2, 0.25) is 0 Å². The van der Waals surface area contributed by atoms with Crippen LogP contribution in [0.25, 0.3) is 11.0 Å². The fourth-order valence-electron chi connectivity index (χ4n) is 5.09. The van der Waals surface area contributed by atoms with Gasteiger partial charge < -0.3 is 30.1 Å². The van der Waals surface area contributed by atoms with Crippen LogP contribution in [0.15, 0.2) is 37.2 Å². The van der Waals surface area contributed by atoms with E-state index in [4.69, 9.17) is 4.98 Å². The average molecular weight is 535 g/mol. The van der Waals surface area contributed by atoms with Crippen LogP contribution < -0.4 is 20.4 Å².